The molecule has 1 aromatic carbocycles. The lowest BCUT2D eigenvalue weighted by Crippen LogP contribution is -2.57. The number of aliphatic imine (C=N–C) groups is 1. The van der Waals surface area contributed by atoms with Crippen LogP contribution in [0, 0.1) is 5.92 Å². The fourth-order valence-corrected chi connectivity index (χ4v) is 2.86. The van der Waals surface area contributed by atoms with Crippen LogP contribution in [0.3, 0.4) is 0 Å². The number of guanidine groups is 1. The molecule has 0 aromatic heterocycles. The van der Waals surface area contributed by atoms with Gasteiger partial charge in [-0.15, -0.1) is 0 Å². The van der Waals surface area contributed by atoms with Crippen molar-refractivity contribution in [3.63, 3.8) is 0 Å². The van der Waals surface area contributed by atoms with Crippen molar-refractivity contribution in [1.82, 2.24) is 5.32 Å². The highest BCUT2D eigenvalue weighted by molar-refractivity contribution is 9.10. The number of halogens is 1. The molecule has 0 spiro atoms. The number of carbonyl (C=O) groups excluding carboxylic acids is 1. The number of benzene rings is 1. The van der Waals surface area contributed by atoms with Gasteiger partial charge >= 0.3 is 0 Å². The van der Waals surface area contributed by atoms with Crippen LogP contribution >= 0.6 is 15.9 Å². The Morgan fingerprint density at radius 3 is 2.41 bits per heavy atom. The molecule has 1 aromatic rings. The van der Waals surface area contributed by atoms with E-state index in [4.69, 9.17) is 10.5 Å². The average molecular weight is 442 g/mol. The predicted molar refractivity (Wildman–Crippen MR) is 118 cm³/mol. The highest BCUT2D eigenvalue weighted by Crippen LogP contribution is 2.26. The Kier molecular flexibility index (Phi) is 13.7. The van der Waals surface area contributed by atoms with E-state index in [-0.39, 0.29) is 12.6 Å². The second-order valence-corrected chi connectivity index (χ2v) is 7.65. The normalized spacial score (nSPS) is 14.4. The molecule has 2 atom stereocenters. The van der Waals surface area contributed by atoms with Gasteiger partial charge in [-0.25, -0.2) is 0 Å². The standard InChI is InChI=1S/C16H24BrN3O2.C5H12/c1-4-12(2)9-16(10-21,20-15(18)19-3)11-22-14-8-6-5-7-13(14)17;1-3-5-4-2/h5-8,10,12H,4,9,11H2,1-3H3,(H3,18,19,20);3-5H2,1-2H3. The first-order chi connectivity index (χ1) is 12.9. The molecular formula is C21H36BrN3O2. The van der Waals surface area contributed by atoms with E-state index >= 15 is 0 Å². The number of ether oxygens (including phenoxy) is 1. The molecule has 27 heavy (non-hydrogen) atoms. The molecule has 0 radical (unpaired) electrons. The van der Waals surface area contributed by atoms with Gasteiger partial charge < -0.3 is 20.6 Å². The minimum atomic E-state index is -0.895. The van der Waals surface area contributed by atoms with Crippen LogP contribution < -0.4 is 15.8 Å². The second kappa shape index (κ2) is 14.5. The Balaban J connectivity index is 0.00000119. The van der Waals surface area contributed by atoms with Gasteiger partial charge in [-0.05, 0) is 40.4 Å². The molecule has 0 aliphatic rings. The van der Waals surface area contributed by atoms with Gasteiger partial charge in [-0.1, -0.05) is 65.5 Å². The molecular weight excluding hydrogens is 406 g/mol. The maximum atomic E-state index is 11.8. The summed E-state index contributed by atoms with van der Waals surface area (Å²) in [7, 11) is 1.58. The van der Waals surface area contributed by atoms with Crippen molar-refractivity contribution < 1.29 is 9.53 Å². The molecule has 0 saturated carbocycles. The van der Waals surface area contributed by atoms with Crippen LogP contribution in [-0.4, -0.2) is 31.4 Å². The van der Waals surface area contributed by atoms with Gasteiger partial charge in [0.15, 0.2) is 5.96 Å². The van der Waals surface area contributed by atoms with Crippen molar-refractivity contribution in [2.75, 3.05) is 13.7 Å². The maximum Gasteiger partial charge on any atom is 0.189 e. The van der Waals surface area contributed by atoms with Crippen LogP contribution in [0.1, 0.15) is 59.8 Å². The molecule has 3 N–H and O–H groups in total. The molecule has 0 heterocycles. The van der Waals surface area contributed by atoms with Crippen molar-refractivity contribution in [2.45, 2.75) is 65.3 Å². The summed E-state index contributed by atoms with van der Waals surface area (Å²) in [5, 5.41) is 3.00. The molecule has 6 heteroatoms. The van der Waals surface area contributed by atoms with E-state index in [1.807, 2.05) is 24.3 Å². The lowest BCUT2D eigenvalue weighted by molar-refractivity contribution is -0.114. The number of para-hydroxylation sites is 1. The summed E-state index contributed by atoms with van der Waals surface area (Å²) in [6.45, 7) is 8.79. The zero-order valence-corrected chi connectivity index (χ0v) is 19.0. The van der Waals surface area contributed by atoms with E-state index in [1.54, 1.807) is 7.05 Å². The summed E-state index contributed by atoms with van der Waals surface area (Å²) >= 11 is 3.43. The van der Waals surface area contributed by atoms with Crippen molar-refractivity contribution in [3.05, 3.63) is 28.7 Å². The summed E-state index contributed by atoms with van der Waals surface area (Å²) < 4.78 is 6.68. The van der Waals surface area contributed by atoms with Crippen LogP contribution in [0.5, 0.6) is 5.75 Å². The maximum absolute atomic E-state index is 11.8. The molecule has 1 rings (SSSR count). The highest BCUT2D eigenvalue weighted by Gasteiger charge is 2.33. The predicted octanol–water partition coefficient (Wildman–Crippen LogP) is 4.93. The highest BCUT2D eigenvalue weighted by atomic mass is 79.9. The van der Waals surface area contributed by atoms with Crippen LogP contribution in [0.4, 0.5) is 0 Å². The molecule has 154 valence electrons. The second-order valence-electron chi connectivity index (χ2n) is 6.80. The van der Waals surface area contributed by atoms with Crippen LogP contribution in [0.2, 0.25) is 0 Å². The number of aldehydes is 1. The SMILES string of the molecule is CCC(C)CC(C=O)(COc1ccccc1Br)NC(N)=NC.CCCCC. The summed E-state index contributed by atoms with van der Waals surface area (Å²) in [4.78, 5) is 15.7. The molecule has 0 aliphatic heterocycles. The van der Waals surface area contributed by atoms with Gasteiger partial charge in [0.1, 0.15) is 24.2 Å². The Morgan fingerprint density at radius 2 is 1.96 bits per heavy atom. The van der Waals surface area contributed by atoms with Crippen molar-refractivity contribution in [2.24, 2.45) is 16.6 Å². The Morgan fingerprint density at radius 1 is 1.33 bits per heavy atom. The number of carbonyl (C=O) groups is 1. The molecule has 0 aliphatic carbocycles. The van der Waals surface area contributed by atoms with E-state index in [1.165, 1.54) is 19.3 Å². The summed E-state index contributed by atoms with van der Waals surface area (Å²) in [6.07, 6.45) is 6.53. The number of rotatable bonds is 10. The van der Waals surface area contributed by atoms with E-state index in [0.717, 1.165) is 17.2 Å². The fourth-order valence-electron chi connectivity index (χ4n) is 2.46. The lowest BCUT2D eigenvalue weighted by Gasteiger charge is -2.32. The fraction of sp³-hybridized carbons (Fsp3) is 0.619. The Labute approximate surface area is 173 Å². The van der Waals surface area contributed by atoms with E-state index in [0.29, 0.717) is 18.1 Å². The molecule has 0 fully saturated rings. The topological polar surface area (TPSA) is 76.7 Å². The summed E-state index contributed by atoms with van der Waals surface area (Å²) in [5.74, 6) is 1.27. The van der Waals surface area contributed by atoms with E-state index < -0.39 is 5.54 Å². The zero-order valence-electron chi connectivity index (χ0n) is 17.4. The number of hydrogen-bond donors (Lipinski definition) is 2. The third kappa shape index (κ3) is 10.4. The summed E-state index contributed by atoms with van der Waals surface area (Å²) in [5.41, 5.74) is 4.87. The average Bonchev–Trinajstić information content (AvgIpc) is 2.68. The number of unbranched alkanes of at least 4 members (excludes halogenated alkanes) is 2. The van der Waals surface area contributed by atoms with E-state index in [9.17, 15) is 4.79 Å². The van der Waals surface area contributed by atoms with Crippen LogP contribution in [0.15, 0.2) is 33.7 Å². The van der Waals surface area contributed by atoms with Crippen molar-refractivity contribution >= 4 is 28.2 Å². The largest absolute Gasteiger partial charge is 0.489 e. The third-order valence-electron chi connectivity index (χ3n) is 4.28. The molecule has 2 unspecified atom stereocenters. The van der Waals surface area contributed by atoms with Gasteiger partial charge in [-0.3, -0.25) is 4.99 Å². The first-order valence-electron chi connectivity index (χ1n) is 9.72. The lowest BCUT2D eigenvalue weighted by atomic mass is 9.88. The van der Waals surface area contributed by atoms with Gasteiger partial charge in [0.2, 0.25) is 0 Å². The van der Waals surface area contributed by atoms with Crippen molar-refractivity contribution in [3.8, 4) is 5.75 Å². The minimum Gasteiger partial charge on any atom is -0.489 e. The van der Waals surface area contributed by atoms with Gasteiger partial charge in [-0.2, -0.15) is 0 Å². The zero-order chi connectivity index (χ0) is 20.7. The van der Waals surface area contributed by atoms with Crippen molar-refractivity contribution in [1.29, 1.82) is 0 Å². The molecule has 0 bridgehead atoms. The first-order valence-corrected chi connectivity index (χ1v) is 10.5. The van der Waals surface area contributed by atoms with E-state index in [2.05, 4.69) is 53.9 Å². The number of hydrogen-bond acceptors (Lipinski definition) is 3. The molecule has 0 amide bonds. The Bertz CT molecular complexity index is 564. The summed E-state index contributed by atoms with van der Waals surface area (Å²) in [6, 6.07) is 7.53. The first kappa shape index (κ1) is 25.4. The monoisotopic (exact) mass is 441 g/mol. The Hall–Kier alpha value is -1.56. The number of nitrogens with two attached hydrogens (primary N) is 1. The molecule has 5 nitrogen and oxygen atoms in total. The van der Waals surface area contributed by atoms with Crippen LogP contribution in [-0.2, 0) is 4.79 Å². The third-order valence-corrected chi connectivity index (χ3v) is 4.94. The minimum absolute atomic E-state index is 0.180. The van der Waals surface area contributed by atoms with Gasteiger partial charge in [0.05, 0.1) is 4.47 Å². The quantitative estimate of drug-likeness (QED) is 0.306. The number of nitrogens with one attached hydrogen (secondary N) is 1. The smallest absolute Gasteiger partial charge is 0.189 e. The van der Waals surface area contributed by atoms with Gasteiger partial charge in [0, 0.05) is 7.05 Å². The van der Waals surface area contributed by atoms with Crippen LogP contribution in [0.25, 0.3) is 0 Å². The molecule has 0 saturated heterocycles. The number of nitrogens with zero attached hydrogens (tertiary/aromatic N) is 1. The van der Waals surface area contributed by atoms with Gasteiger partial charge in [0.25, 0.3) is 0 Å².